The van der Waals surface area contributed by atoms with Gasteiger partial charge in [0.05, 0.1) is 6.10 Å². The average molecular weight is 450 g/mol. The highest BCUT2D eigenvalue weighted by Gasteiger charge is 2.37. The summed E-state index contributed by atoms with van der Waals surface area (Å²) < 4.78 is 0. The van der Waals surface area contributed by atoms with Gasteiger partial charge in [-0.05, 0) is 32.8 Å². The average Bonchev–Trinajstić information content (AvgIpc) is 3.19. The first-order valence-electron chi connectivity index (χ1n) is 11.3. The second kappa shape index (κ2) is 8.81. The molecule has 2 atom stereocenters. The first-order valence-corrected chi connectivity index (χ1v) is 13.8. The summed E-state index contributed by atoms with van der Waals surface area (Å²) in [6, 6.07) is 34.6. The minimum atomic E-state index is -2.45. The number of para-hydroxylation sites is 1. The van der Waals surface area contributed by atoms with Crippen LogP contribution in [-0.4, -0.2) is 30.6 Å². The maximum atomic E-state index is 11.5. The number of aliphatic hydroxyl groups excluding tert-OH is 1. The van der Waals surface area contributed by atoms with E-state index in [1.54, 1.807) is 6.21 Å². The SMILES string of the molecule is C[Si](c1ccccc1)(c1ccccc1)c1cccc(C=N[C@H]2c3ccccc3C[C@H]2O)c1O. The molecule has 0 saturated heterocycles. The van der Waals surface area contributed by atoms with Gasteiger partial charge in [0.15, 0.2) is 0 Å². The minimum absolute atomic E-state index is 0.267. The van der Waals surface area contributed by atoms with Crippen molar-refractivity contribution >= 4 is 29.8 Å². The maximum Gasteiger partial charge on any atom is 0.150 e. The molecule has 164 valence electrons. The lowest BCUT2D eigenvalue weighted by Gasteiger charge is -2.30. The zero-order valence-electron chi connectivity index (χ0n) is 18.6. The molecule has 1 aliphatic rings. The molecule has 33 heavy (non-hydrogen) atoms. The second-order valence-corrected chi connectivity index (χ2v) is 12.7. The second-order valence-electron chi connectivity index (χ2n) is 8.79. The van der Waals surface area contributed by atoms with Gasteiger partial charge < -0.3 is 10.2 Å². The number of aliphatic hydroxyl groups is 1. The maximum absolute atomic E-state index is 11.5. The van der Waals surface area contributed by atoms with E-state index < -0.39 is 14.2 Å². The Balaban J connectivity index is 1.58. The molecule has 0 fully saturated rings. The highest BCUT2D eigenvalue weighted by molar-refractivity contribution is 7.11. The molecule has 2 N–H and O–H groups in total. The molecule has 0 spiro atoms. The van der Waals surface area contributed by atoms with Crippen LogP contribution in [-0.2, 0) is 6.42 Å². The molecule has 0 radical (unpaired) electrons. The van der Waals surface area contributed by atoms with Crippen LogP contribution in [0.4, 0.5) is 0 Å². The monoisotopic (exact) mass is 449 g/mol. The first kappa shape index (κ1) is 21.4. The number of phenolic OH excluding ortho intramolecular Hbond substituents is 1. The van der Waals surface area contributed by atoms with Crippen molar-refractivity contribution in [3.63, 3.8) is 0 Å². The van der Waals surface area contributed by atoms with E-state index in [0.717, 1.165) is 16.3 Å². The fourth-order valence-corrected chi connectivity index (χ4v) is 8.70. The van der Waals surface area contributed by atoms with E-state index in [0.29, 0.717) is 12.0 Å². The number of nitrogens with zero attached hydrogens (tertiary/aromatic N) is 1. The van der Waals surface area contributed by atoms with Gasteiger partial charge in [0.1, 0.15) is 19.9 Å². The number of phenols is 1. The summed E-state index contributed by atoms with van der Waals surface area (Å²) in [5.41, 5.74) is 2.87. The lowest BCUT2D eigenvalue weighted by molar-refractivity contribution is 0.159. The summed E-state index contributed by atoms with van der Waals surface area (Å²) in [6.07, 6.45) is 1.79. The number of hydrogen-bond acceptors (Lipinski definition) is 3. The Kier molecular flexibility index (Phi) is 5.71. The van der Waals surface area contributed by atoms with Crippen LogP contribution >= 0.6 is 0 Å². The van der Waals surface area contributed by atoms with Crippen LogP contribution in [0.2, 0.25) is 6.55 Å². The number of rotatable bonds is 5. The minimum Gasteiger partial charge on any atom is -0.507 e. The lowest BCUT2D eigenvalue weighted by atomic mass is 10.1. The van der Waals surface area contributed by atoms with E-state index in [1.807, 2.05) is 54.6 Å². The van der Waals surface area contributed by atoms with Gasteiger partial charge in [-0.3, -0.25) is 4.99 Å². The van der Waals surface area contributed by atoms with Crippen molar-refractivity contribution in [3.05, 3.63) is 120 Å². The largest absolute Gasteiger partial charge is 0.507 e. The molecular weight excluding hydrogens is 422 g/mol. The highest BCUT2D eigenvalue weighted by atomic mass is 28.3. The third-order valence-corrected chi connectivity index (χ3v) is 11.3. The summed E-state index contributed by atoms with van der Waals surface area (Å²) in [6.45, 7) is 2.28. The molecular formula is C29H27NO2Si. The van der Waals surface area contributed by atoms with Crippen LogP contribution in [0.1, 0.15) is 22.7 Å². The zero-order valence-corrected chi connectivity index (χ0v) is 19.6. The zero-order chi connectivity index (χ0) is 22.8. The van der Waals surface area contributed by atoms with Gasteiger partial charge >= 0.3 is 0 Å². The molecule has 3 nitrogen and oxygen atoms in total. The fourth-order valence-electron chi connectivity index (χ4n) is 4.98. The highest BCUT2D eigenvalue weighted by Crippen LogP contribution is 2.34. The third-order valence-electron chi connectivity index (χ3n) is 6.85. The molecule has 4 aromatic rings. The molecule has 5 rings (SSSR count). The predicted molar refractivity (Wildman–Crippen MR) is 138 cm³/mol. The Bertz CT molecular complexity index is 1250. The van der Waals surface area contributed by atoms with Crippen molar-refractivity contribution < 1.29 is 10.2 Å². The Morgan fingerprint density at radius 3 is 2.06 bits per heavy atom. The number of fused-ring (bicyclic) bond motifs is 1. The van der Waals surface area contributed by atoms with Crippen molar-refractivity contribution in [2.24, 2.45) is 4.99 Å². The molecule has 0 unspecified atom stereocenters. The Hall–Kier alpha value is -3.47. The van der Waals surface area contributed by atoms with Crippen LogP contribution in [0.15, 0.2) is 108 Å². The van der Waals surface area contributed by atoms with E-state index in [-0.39, 0.29) is 11.8 Å². The quantitative estimate of drug-likeness (QED) is 0.278. The van der Waals surface area contributed by atoms with Crippen LogP contribution in [0, 0.1) is 0 Å². The van der Waals surface area contributed by atoms with Crippen LogP contribution in [0.25, 0.3) is 0 Å². The van der Waals surface area contributed by atoms with Gasteiger partial charge in [-0.15, -0.1) is 0 Å². The molecule has 4 heteroatoms. The van der Waals surface area contributed by atoms with Crippen molar-refractivity contribution in [2.75, 3.05) is 0 Å². The van der Waals surface area contributed by atoms with Crippen LogP contribution in [0.3, 0.4) is 0 Å². The lowest BCUT2D eigenvalue weighted by Crippen LogP contribution is -2.64. The van der Waals surface area contributed by atoms with Gasteiger partial charge in [-0.1, -0.05) is 104 Å². The predicted octanol–water partition coefficient (Wildman–Crippen LogP) is 3.57. The van der Waals surface area contributed by atoms with Crippen LogP contribution in [0.5, 0.6) is 5.75 Å². The van der Waals surface area contributed by atoms with Crippen molar-refractivity contribution in [1.82, 2.24) is 0 Å². The topological polar surface area (TPSA) is 52.8 Å². The summed E-state index contributed by atoms with van der Waals surface area (Å²) >= 11 is 0. The molecule has 1 aliphatic carbocycles. The summed E-state index contributed by atoms with van der Waals surface area (Å²) in [7, 11) is -2.45. The van der Waals surface area contributed by atoms with E-state index in [4.69, 9.17) is 4.99 Å². The Morgan fingerprint density at radius 2 is 1.39 bits per heavy atom. The van der Waals surface area contributed by atoms with Gasteiger partial charge in [0.2, 0.25) is 0 Å². The first-order chi connectivity index (χ1) is 16.1. The number of aliphatic imine (C=N–C) groups is 1. The molecule has 0 bridgehead atoms. The fraction of sp³-hybridized carbons (Fsp3) is 0.138. The molecule has 0 heterocycles. The standard InChI is InChI=1S/C29H27NO2Si/c1-33(23-13-4-2-5-14-23,24-15-6-3-7-16-24)27-18-10-12-22(29(27)32)20-30-28-25-17-9-8-11-21(25)19-26(28)31/h2-18,20,26,28,31-32H,19H2,1H3/t26-,28+/m1/s1. The van der Waals surface area contributed by atoms with E-state index in [1.165, 1.54) is 10.4 Å². The smallest absolute Gasteiger partial charge is 0.150 e. The molecule has 0 aromatic heterocycles. The third kappa shape index (κ3) is 3.82. The van der Waals surface area contributed by atoms with Gasteiger partial charge in [-0.25, -0.2) is 0 Å². The Morgan fingerprint density at radius 1 is 0.788 bits per heavy atom. The van der Waals surface area contributed by atoms with E-state index >= 15 is 0 Å². The normalized spacial score (nSPS) is 17.9. The van der Waals surface area contributed by atoms with Crippen molar-refractivity contribution in [2.45, 2.75) is 25.1 Å². The molecule has 4 aromatic carbocycles. The number of benzene rings is 4. The number of aromatic hydroxyl groups is 1. The number of hydrogen-bond donors (Lipinski definition) is 2. The summed E-state index contributed by atoms with van der Waals surface area (Å²) in [5, 5.41) is 25.5. The summed E-state index contributed by atoms with van der Waals surface area (Å²) in [4.78, 5) is 4.73. The Labute approximate surface area is 195 Å². The van der Waals surface area contributed by atoms with Gasteiger partial charge in [-0.2, -0.15) is 0 Å². The molecule has 0 saturated carbocycles. The van der Waals surface area contributed by atoms with Gasteiger partial charge in [0.25, 0.3) is 0 Å². The molecule has 0 aliphatic heterocycles. The van der Waals surface area contributed by atoms with Crippen LogP contribution < -0.4 is 15.6 Å². The summed E-state index contributed by atoms with van der Waals surface area (Å²) in [5.74, 6) is 0.267. The van der Waals surface area contributed by atoms with E-state index in [2.05, 4.69) is 55.1 Å². The van der Waals surface area contributed by atoms with Crippen molar-refractivity contribution in [3.8, 4) is 5.75 Å². The van der Waals surface area contributed by atoms with E-state index in [9.17, 15) is 10.2 Å². The van der Waals surface area contributed by atoms with Gasteiger partial charge in [0, 0.05) is 18.2 Å². The molecule has 0 amide bonds. The van der Waals surface area contributed by atoms with Crippen molar-refractivity contribution in [1.29, 1.82) is 0 Å².